The highest BCUT2D eigenvalue weighted by molar-refractivity contribution is 9.10. The minimum Gasteiger partial charge on any atom is -0.507 e. The monoisotopic (exact) mass is 565 g/mol. The van der Waals surface area contributed by atoms with Crippen molar-refractivity contribution in [3.8, 4) is 17.2 Å². The van der Waals surface area contributed by atoms with Gasteiger partial charge in [0, 0.05) is 11.3 Å². The Morgan fingerprint density at radius 2 is 1.59 bits per heavy atom. The number of amides is 1. The molecule has 0 spiro atoms. The number of hydrogen-bond donors (Lipinski definition) is 1. The second kappa shape index (κ2) is 11.1. The standard InChI is InChI=1S/C29H28BrNO6/c1-17(2)16-37-22-12-8-20(9-13-22)31-26(18-5-10-21(35-3)11-6-18)25(28(33)29(31)34)27(32)19-7-14-24(36-4)23(30)15-19/h5-15,17,26,32H,16H2,1-4H3/b27-25-. The van der Waals surface area contributed by atoms with Gasteiger partial charge < -0.3 is 19.3 Å². The number of ether oxygens (including phenoxy) is 3. The lowest BCUT2D eigenvalue weighted by molar-refractivity contribution is -0.132. The van der Waals surface area contributed by atoms with Gasteiger partial charge in [0.1, 0.15) is 23.0 Å². The van der Waals surface area contributed by atoms with Crippen molar-refractivity contribution in [3.05, 3.63) is 87.9 Å². The molecule has 1 atom stereocenters. The Morgan fingerprint density at radius 1 is 0.946 bits per heavy atom. The lowest BCUT2D eigenvalue weighted by Crippen LogP contribution is -2.29. The molecule has 1 heterocycles. The molecule has 37 heavy (non-hydrogen) atoms. The van der Waals surface area contributed by atoms with Crippen molar-refractivity contribution in [1.29, 1.82) is 0 Å². The van der Waals surface area contributed by atoms with E-state index in [2.05, 4.69) is 29.8 Å². The maximum atomic E-state index is 13.4. The Hall–Kier alpha value is -3.78. The van der Waals surface area contributed by atoms with Gasteiger partial charge in [-0.05, 0) is 82.0 Å². The van der Waals surface area contributed by atoms with E-state index in [0.717, 1.165) is 0 Å². The summed E-state index contributed by atoms with van der Waals surface area (Å²) in [5.74, 6) is 0.455. The first-order valence-corrected chi connectivity index (χ1v) is 12.6. The first kappa shape index (κ1) is 26.3. The van der Waals surface area contributed by atoms with E-state index in [0.29, 0.717) is 51.1 Å². The third kappa shape index (κ3) is 5.34. The molecule has 1 amide bonds. The van der Waals surface area contributed by atoms with E-state index >= 15 is 0 Å². The molecule has 3 aromatic rings. The van der Waals surface area contributed by atoms with Gasteiger partial charge in [-0.25, -0.2) is 0 Å². The molecule has 0 saturated carbocycles. The number of hydrogen-bond acceptors (Lipinski definition) is 6. The molecular weight excluding hydrogens is 538 g/mol. The fourth-order valence-corrected chi connectivity index (χ4v) is 4.68. The molecule has 1 fully saturated rings. The number of aliphatic hydroxyl groups is 1. The third-order valence-corrected chi connectivity index (χ3v) is 6.62. The van der Waals surface area contributed by atoms with E-state index in [9.17, 15) is 14.7 Å². The predicted molar refractivity (Wildman–Crippen MR) is 145 cm³/mol. The molecule has 8 heteroatoms. The van der Waals surface area contributed by atoms with Gasteiger partial charge in [0.15, 0.2) is 0 Å². The fourth-order valence-electron chi connectivity index (χ4n) is 4.14. The average Bonchev–Trinajstić information content (AvgIpc) is 3.17. The Morgan fingerprint density at radius 3 is 2.16 bits per heavy atom. The average molecular weight is 566 g/mol. The summed E-state index contributed by atoms with van der Waals surface area (Å²) in [6.07, 6.45) is 0. The van der Waals surface area contributed by atoms with Gasteiger partial charge in [-0.15, -0.1) is 0 Å². The minimum atomic E-state index is -0.853. The summed E-state index contributed by atoms with van der Waals surface area (Å²) >= 11 is 3.42. The highest BCUT2D eigenvalue weighted by Crippen LogP contribution is 2.43. The van der Waals surface area contributed by atoms with Crippen LogP contribution in [0.1, 0.15) is 31.0 Å². The van der Waals surface area contributed by atoms with Crippen LogP contribution in [-0.4, -0.2) is 37.6 Å². The van der Waals surface area contributed by atoms with Crippen LogP contribution in [0.15, 0.2) is 76.8 Å². The van der Waals surface area contributed by atoms with Gasteiger partial charge in [0.2, 0.25) is 0 Å². The summed E-state index contributed by atoms with van der Waals surface area (Å²) in [5, 5.41) is 11.3. The normalized spacial score (nSPS) is 16.8. The van der Waals surface area contributed by atoms with Crippen LogP contribution < -0.4 is 19.1 Å². The van der Waals surface area contributed by atoms with Crippen molar-refractivity contribution in [2.75, 3.05) is 25.7 Å². The smallest absolute Gasteiger partial charge is 0.300 e. The van der Waals surface area contributed by atoms with Gasteiger partial charge >= 0.3 is 0 Å². The Bertz CT molecular complexity index is 1330. The molecule has 1 saturated heterocycles. The highest BCUT2D eigenvalue weighted by Gasteiger charge is 2.47. The molecule has 1 N–H and O–H groups in total. The second-order valence-corrected chi connectivity index (χ2v) is 9.84. The zero-order valence-electron chi connectivity index (χ0n) is 21.0. The van der Waals surface area contributed by atoms with Gasteiger partial charge in [-0.2, -0.15) is 0 Å². The predicted octanol–water partition coefficient (Wildman–Crippen LogP) is 6.13. The van der Waals surface area contributed by atoms with Gasteiger partial charge in [0.05, 0.1) is 36.9 Å². The van der Waals surface area contributed by atoms with E-state index in [1.165, 1.54) is 12.0 Å². The van der Waals surface area contributed by atoms with Crippen LogP contribution in [0, 0.1) is 5.92 Å². The van der Waals surface area contributed by atoms with Crippen LogP contribution in [0.4, 0.5) is 5.69 Å². The lowest BCUT2D eigenvalue weighted by Gasteiger charge is -2.26. The van der Waals surface area contributed by atoms with Crippen LogP contribution in [0.25, 0.3) is 5.76 Å². The summed E-state index contributed by atoms with van der Waals surface area (Å²) in [4.78, 5) is 28.1. The third-order valence-electron chi connectivity index (χ3n) is 6.00. The number of benzene rings is 3. The number of carbonyl (C=O) groups is 2. The first-order chi connectivity index (χ1) is 17.7. The lowest BCUT2D eigenvalue weighted by atomic mass is 9.95. The van der Waals surface area contributed by atoms with E-state index in [4.69, 9.17) is 14.2 Å². The Labute approximate surface area is 224 Å². The first-order valence-electron chi connectivity index (χ1n) is 11.8. The van der Waals surface area contributed by atoms with Crippen molar-refractivity contribution in [1.82, 2.24) is 0 Å². The molecule has 1 aliphatic rings. The van der Waals surface area contributed by atoms with Crippen molar-refractivity contribution in [2.24, 2.45) is 5.92 Å². The van der Waals surface area contributed by atoms with Gasteiger partial charge in [-0.1, -0.05) is 26.0 Å². The number of ketones is 1. The van der Waals surface area contributed by atoms with Crippen molar-refractivity contribution in [2.45, 2.75) is 19.9 Å². The van der Waals surface area contributed by atoms with Crippen LogP contribution >= 0.6 is 15.9 Å². The van der Waals surface area contributed by atoms with Gasteiger partial charge in [-0.3, -0.25) is 14.5 Å². The molecular formula is C29H28BrNO6. The topological polar surface area (TPSA) is 85.3 Å². The second-order valence-electron chi connectivity index (χ2n) is 8.99. The van der Waals surface area contributed by atoms with Gasteiger partial charge in [0.25, 0.3) is 11.7 Å². The highest BCUT2D eigenvalue weighted by atomic mass is 79.9. The van der Waals surface area contributed by atoms with Crippen LogP contribution in [0.3, 0.4) is 0 Å². The molecule has 0 bridgehead atoms. The number of methoxy groups -OCH3 is 2. The SMILES string of the molecule is COc1ccc(C2/C(=C(/O)c3ccc(OC)c(Br)c3)C(=O)C(=O)N2c2ccc(OCC(C)C)cc2)cc1. The van der Waals surface area contributed by atoms with Crippen molar-refractivity contribution < 1.29 is 28.9 Å². The Balaban J connectivity index is 1.83. The summed E-state index contributed by atoms with van der Waals surface area (Å²) in [7, 11) is 3.10. The van der Waals surface area contributed by atoms with Crippen molar-refractivity contribution in [3.63, 3.8) is 0 Å². The molecule has 7 nitrogen and oxygen atoms in total. The number of halogens is 1. The molecule has 0 aromatic heterocycles. The molecule has 3 aromatic carbocycles. The molecule has 4 rings (SSSR count). The molecule has 0 aliphatic carbocycles. The number of nitrogens with zero attached hydrogens (tertiary/aromatic N) is 1. The minimum absolute atomic E-state index is 0.00707. The Kier molecular flexibility index (Phi) is 7.88. The maximum Gasteiger partial charge on any atom is 0.300 e. The summed E-state index contributed by atoms with van der Waals surface area (Å²) in [6, 6.07) is 18.2. The molecule has 1 aliphatic heterocycles. The van der Waals surface area contributed by atoms with Crippen molar-refractivity contribution >= 4 is 39.1 Å². The fraction of sp³-hybridized carbons (Fsp3) is 0.241. The van der Waals surface area contributed by atoms with E-state index in [1.807, 2.05) is 0 Å². The number of anilines is 1. The van der Waals surface area contributed by atoms with Crippen LogP contribution in [-0.2, 0) is 9.59 Å². The molecule has 1 unspecified atom stereocenters. The zero-order chi connectivity index (χ0) is 26.7. The number of aliphatic hydroxyl groups excluding tert-OH is 1. The number of Topliss-reactive ketones (excluding diaryl/α,β-unsaturated/α-hetero) is 1. The van der Waals surface area contributed by atoms with E-state index < -0.39 is 17.7 Å². The molecule has 0 radical (unpaired) electrons. The number of carbonyl (C=O) groups excluding carboxylic acids is 2. The van der Waals surface area contributed by atoms with E-state index in [-0.39, 0.29) is 11.3 Å². The summed E-state index contributed by atoms with van der Waals surface area (Å²) < 4.78 is 16.9. The quantitative estimate of drug-likeness (QED) is 0.201. The summed E-state index contributed by atoms with van der Waals surface area (Å²) in [6.45, 7) is 4.68. The zero-order valence-corrected chi connectivity index (χ0v) is 22.6. The maximum absolute atomic E-state index is 13.4. The molecule has 192 valence electrons. The van der Waals surface area contributed by atoms with E-state index in [1.54, 1.807) is 73.8 Å². The van der Waals surface area contributed by atoms with Crippen LogP contribution in [0.5, 0.6) is 17.2 Å². The number of rotatable bonds is 8. The van der Waals surface area contributed by atoms with Crippen LogP contribution in [0.2, 0.25) is 0 Å². The largest absolute Gasteiger partial charge is 0.507 e. The summed E-state index contributed by atoms with van der Waals surface area (Å²) in [5.41, 5.74) is 1.53.